The standard InChI is InChI=1S/C15H20N2S2/c1-12(2)7-16-8-13-3-5-15(6-4-13)19-10-14-9-18-11-17-14/h3-6,9,11-12,16H,7-8,10H2,1-2H3. The summed E-state index contributed by atoms with van der Waals surface area (Å²) in [5.41, 5.74) is 4.40. The van der Waals surface area contributed by atoms with Crippen molar-refractivity contribution in [3.05, 3.63) is 46.4 Å². The normalized spacial score (nSPS) is 11.1. The van der Waals surface area contributed by atoms with Crippen LogP contribution in [-0.2, 0) is 12.3 Å². The molecule has 0 unspecified atom stereocenters. The van der Waals surface area contributed by atoms with E-state index in [2.05, 4.69) is 53.8 Å². The van der Waals surface area contributed by atoms with Crippen LogP contribution in [0.2, 0.25) is 0 Å². The van der Waals surface area contributed by atoms with E-state index in [0.717, 1.165) is 24.5 Å². The molecule has 0 bridgehead atoms. The smallest absolute Gasteiger partial charge is 0.0795 e. The quantitative estimate of drug-likeness (QED) is 0.775. The molecule has 1 heterocycles. The Balaban J connectivity index is 1.77. The fourth-order valence-electron chi connectivity index (χ4n) is 1.67. The number of thiazole rings is 1. The minimum absolute atomic E-state index is 0.702. The van der Waals surface area contributed by atoms with Gasteiger partial charge in [-0.2, -0.15) is 0 Å². The van der Waals surface area contributed by atoms with Crippen molar-refractivity contribution in [2.24, 2.45) is 5.92 Å². The fraction of sp³-hybridized carbons (Fsp3) is 0.400. The summed E-state index contributed by atoms with van der Waals surface area (Å²) in [5, 5.41) is 5.57. The van der Waals surface area contributed by atoms with Crippen LogP contribution in [-0.4, -0.2) is 11.5 Å². The van der Waals surface area contributed by atoms with Crippen molar-refractivity contribution in [2.45, 2.75) is 31.0 Å². The van der Waals surface area contributed by atoms with Gasteiger partial charge < -0.3 is 5.32 Å². The summed E-state index contributed by atoms with van der Waals surface area (Å²) in [7, 11) is 0. The predicted molar refractivity (Wildman–Crippen MR) is 84.7 cm³/mol. The average Bonchev–Trinajstić information content (AvgIpc) is 2.90. The first-order valence-electron chi connectivity index (χ1n) is 6.53. The van der Waals surface area contributed by atoms with E-state index in [0.29, 0.717) is 5.92 Å². The van der Waals surface area contributed by atoms with Gasteiger partial charge in [0.25, 0.3) is 0 Å². The highest BCUT2D eigenvalue weighted by molar-refractivity contribution is 7.98. The number of hydrogen-bond acceptors (Lipinski definition) is 4. The third-order valence-electron chi connectivity index (χ3n) is 2.68. The van der Waals surface area contributed by atoms with Crippen molar-refractivity contribution in [3.63, 3.8) is 0 Å². The molecule has 0 atom stereocenters. The molecule has 2 aromatic rings. The van der Waals surface area contributed by atoms with Crippen LogP contribution in [0.25, 0.3) is 0 Å². The van der Waals surface area contributed by atoms with Gasteiger partial charge in [0, 0.05) is 22.6 Å². The Bertz CT molecular complexity index is 463. The maximum atomic E-state index is 4.29. The monoisotopic (exact) mass is 292 g/mol. The number of nitrogens with zero attached hydrogens (tertiary/aromatic N) is 1. The van der Waals surface area contributed by atoms with Crippen LogP contribution in [0.15, 0.2) is 40.1 Å². The molecule has 2 rings (SSSR count). The van der Waals surface area contributed by atoms with E-state index in [9.17, 15) is 0 Å². The maximum absolute atomic E-state index is 4.29. The van der Waals surface area contributed by atoms with E-state index >= 15 is 0 Å². The summed E-state index contributed by atoms with van der Waals surface area (Å²) in [5.74, 6) is 1.65. The molecular formula is C15H20N2S2. The van der Waals surface area contributed by atoms with E-state index in [4.69, 9.17) is 0 Å². The summed E-state index contributed by atoms with van der Waals surface area (Å²) in [4.78, 5) is 5.60. The molecule has 1 aromatic carbocycles. The first-order chi connectivity index (χ1) is 9.24. The van der Waals surface area contributed by atoms with Crippen LogP contribution < -0.4 is 5.32 Å². The second kappa shape index (κ2) is 7.68. The summed E-state index contributed by atoms with van der Waals surface area (Å²) in [6.45, 7) is 6.48. The van der Waals surface area contributed by atoms with E-state index in [1.807, 2.05) is 17.3 Å². The molecule has 0 amide bonds. The van der Waals surface area contributed by atoms with Crippen LogP contribution in [0, 0.1) is 5.92 Å². The molecule has 0 fully saturated rings. The molecule has 19 heavy (non-hydrogen) atoms. The highest BCUT2D eigenvalue weighted by atomic mass is 32.2. The van der Waals surface area contributed by atoms with Crippen LogP contribution in [0.3, 0.4) is 0 Å². The lowest BCUT2D eigenvalue weighted by molar-refractivity contribution is 0.552. The van der Waals surface area contributed by atoms with Crippen molar-refractivity contribution >= 4 is 23.1 Å². The fourth-order valence-corrected chi connectivity index (χ4v) is 3.14. The van der Waals surface area contributed by atoms with Crippen LogP contribution in [0.4, 0.5) is 0 Å². The Kier molecular flexibility index (Phi) is 5.89. The SMILES string of the molecule is CC(C)CNCc1ccc(SCc2cscn2)cc1. The number of rotatable bonds is 7. The molecule has 1 aromatic heterocycles. The second-order valence-electron chi connectivity index (χ2n) is 4.94. The molecule has 2 nitrogen and oxygen atoms in total. The van der Waals surface area contributed by atoms with Gasteiger partial charge in [-0.1, -0.05) is 26.0 Å². The van der Waals surface area contributed by atoms with Crippen LogP contribution in [0.1, 0.15) is 25.1 Å². The summed E-state index contributed by atoms with van der Waals surface area (Å²) in [6.07, 6.45) is 0. The molecule has 1 N–H and O–H groups in total. The number of thioether (sulfide) groups is 1. The van der Waals surface area contributed by atoms with Crippen molar-refractivity contribution in [1.82, 2.24) is 10.3 Å². The Morgan fingerprint density at radius 3 is 2.68 bits per heavy atom. The minimum Gasteiger partial charge on any atom is -0.312 e. The summed E-state index contributed by atoms with van der Waals surface area (Å²) in [6, 6.07) is 8.81. The Morgan fingerprint density at radius 2 is 2.05 bits per heavy atom. The molecule has 0 aliphatic rings. The lowest BCUT2D eigenvalue weighted by atomic mass is 10.2. The molecule has 0 spiro atoms. The van der Waals surface area contributed by atoms with E-state index in [1.54, 1.807) is 11.3 Å². The Morgan fingerprint density at radius 1 is 1.26 bits per heavy atom. The third kappa shape index (κ3) is 5.35. The molecule has 102 valence electrons. The highest BCUT2D eigenvalue weighted by Gasteiger charge is 1.99. The average molecular weight is 292 g/mol. The molecule has 0 aliphatic carbocycles. The number of benzene rings is 1. The van der Waals surface area contributed by atoms with Crippen molar-refractivity contribution < 1.29 is 0 Å². The van der Waals surface area contributed by atoms with Gasteiger partial charge in [-0.05, 0) is 30.2 Å². The van der Waals surface area contributed by atoms with E-state index in [-0.39, 0.29) is 0 Å². The van der Waals surface area contributed by atoms with E-state index in [1.165, 1.54) is 10.5 Å². The molecule has 0 saturated heterocycles. The Hall–Kier alpha value is -0.840. The van der Waals surface area contributed by atoms with Crippen molar-refractivity contribution in [3.8, 4) is 0 Å². The van der Waals surface area contributed by atoms with Crippen LogP contribution >= 0.6 is 23.1 Å². The molecule has 0 radical (unpaired) electrons. The largest absolute Gasteiger partial charge is 0.312 e. The lowest BCUT2D eigenvalue weighted by Crippen LogP contribution is -2.18. The first kappa shape index (κ1) is 14.6. The molecular weight excluding hydrogens is 272 g/mol. The third-order valence-corrected chi connectivity index (χ3v) is 4.36. The topological polar surface area (TPSA) is 24.9 Å². The predicted octanol–water partition coefficient (Wildman–Crippen LogP) is 4.18. The zero-order valence-electron chi connectivity index (χ0n) is 11.4. The Labute approximate surface area is 123 Å². The number of hydrogen-bond donors (Lipinski definition) is 1. The molecule has 0 aliphatic heterocycles. The number of nitrogens with one attached hydrogen (secondary N) is 1. The first-order valence-corrected chi connectivity index (χ1v) is 8.46. The van der Waals surface area contributed by atoms with Crippen molar-refractivity contribution in [1.29, 1.82) is 0 Å². The highest BCUT2D eigenvalue weighted by Crippen LogP contribution is 2.22. The lowest BCUT2D eigenvalue weighted by Gasteiger charge is -2.08. The summed E-state index contributed by atoms with van der Waals surface area (Å²) < 4.78 is 0. The van der Waals surface area contributed by atoms with Crippen LogP contribution in [0.5, 0.6) is 0 Å². The number of aromatic nitrogens is 1. The summed E-state index contributed by atoms with van der Waals surface area (Å²) >= 11 is 3.50. The minimum atomic E-state index is 0.702. The zero-order chi connectivity index (χ0) is 13.5. The zero-order valence-corrected chi connectivity index (χ0v) is 13.1. The van der Waals surface area contributed by atoms with Gasteiger partial charge in [-0.25, -0.2) is 4.98 Å². The van der Waals surface area contributed by atoms with E-state index < -0.39 is 0 Å². The molecule has 0 saturated carbocycles. The van der Waals surface area contributed by atoms with Crippen molar-refractivity contribution in [2.75, 3.05) is 6.54 Å². The van der Waals surface area contributed by atoms with Gasteiger partial charge in [-0.15, -0.1) is 23.1 Å². The van der Waals surface area contributed by atoms with Gasteiger partial charge >= 0.3 is 0 Å². The van der Waals surface area contributed by atoms with Gasteiger partial charge in [-0.3, -0.25) is 0 Å². The van der Waals surface area contributed by atoms with Gasteiger partial charge in [0.1, 0.15) is 0 Å². The van der Waals surface area contributed by atoms with Gasteiger partial charge in [0.15, 0.2) is 0 Å². The van der Waals surface area contributed by atoms with Gasteiger partial charge in [0.05, 0.1) is 11.2 Å². The second-order valence-corrected chi connectivity index (χ2v) is 6.70. The van der Waals surface area contributed by atoms with Gasteiger partial charge in [0.2, 0.25) is 0 Å². The maximum Gasteiger partial charge on any atom is 0.0795 e. The molecule has 4 heteroatoms.